The summed E-state index contributed by atoms with van der Waals surface area (Å²) in [4.78, 5) is 11.9. The molecule has 0 bridgehead atoms. The third kappa shape index (κ3) is 3.83. The summed E-state index contributed by atoms with van der Waals surface area (Å²) in [7, 11) is 0. The number of hydrogen-bond donors (Lipinski definition) is 2. The molecule has 2 N–H and O–H groups in total. The molecule has 0 aliphatic heterocycles. The smallest absolute Gasteiger partial charge is 0.271 e. The van der Waals surface area contributed by atoms with Gasteiger partial charge in [-0.05, 0) is 44.2 Å². The molecule has 0 aliphatic rings. The molecule has 0 saturated heterocycles. The van der Waals surface area contributed by atoms with E-state index in [1.54, 1.807) is 31.2 Å². The van der Waals surface area contributed by atoms with Crippen LogP contribution in [0.4, 0.5) is 0 Å². The zero-order valence-corrected chi connectivity index (χ0v) is 12.5. The molecular weight excluding hydrogens is 288 g/mol. The average molecular weight is 303 g/mol. The van der Waals surface area contributed by atoms with Gasteiger partial charge in [-0.1, -0.05) is 29.3 Å². The number of amides is 1. The van der Waals surface area contributed by atoms with Crippen molar-refractivity contribution in [1.29, 1.82) is 0 Å². The molecule has 0 atom stereocenters. The van der Waals surface area contributed by atoms with Crippen LogP contribution in [-0.2, 0) is 0 Å². The van der Waals surface area contributed by atoms with E-state index in [1.165, 1.54) is 6.07 Å². The lowest BCUT2D eigenvalue weighted by molar-refractivity contribution is 0.0955. The molecule has 0 heterocycles. The molecule has 0 saturated carbocycles. The van der Waals surface area contributed by atoms with Gasteiger partial charge in [-0.2, -0.15) is 5.10 Å². The summed E-state index contributed by atoms with van der Waals surface area (Å²) in [6.45, 7) is 3.63. The monoisotopic (exact) mass is 302 g/mol. The van der Waals surface area contributed by atoms with Crippen LogP contribution in [0.2, 0.25) is 5.02 Å². The van der Waals surface area contributed by atoms with Crippen molar-refractivity contribution in [3.8, 4) is 5.75 Å². The molecule has 0 spiro atoms. The SMILES string of the molecule is CC(=NNC(=O)c1ccc(C)cc1)c1cc(Cl)ccc1O. The van der Waals surface area contributed by atoms with Gasteiger partial charge in [-0.25, -0.2) is 5.43 Å². The number of halogens is 1. The first kappa shape index (κ1) is 15.1. The molecule has 2 aromatic carbocycles. The van der Waals surface area contributed by atoms with Crippen molar-refractivity contribution < 1.29 is 9.90 Å². The van der Waals surface area contributed by atoms with Gasteiger partial charge in [0, 0.05) is 16.1 Å². The number of phenolic OH excluding ortho intramolecular Hbond substituents is 1. The number of benzene rings is 2. The zero-order chi connectivity index (χ0) is 15.4. The van der Waals surface area contributed by atoms with Crippen LogP contribution >= 0.6 is 11.6 Å². The number of carbonyl (C=O) groups is 1. The number of rotatable bonds is 3. The molecule has 0 unspecified atom stereocenters. The van der Waals surface area contributed by atoms with Crippen LogP contribution in [-0.4, -0.2) is 16.7 Å². The highest BCUT2D eigenvalue weighted by atomic mass is 35.5. The van der Waals surface area contributed by atoms with E-state index in [0.717, 1.165) is 5.56 Å². The number of aryl methyl sites for hydroxylation is 1. The second-order valence-electron chi connectivity index (χ2n) is 4.67. The maximum absolute atomic E-state index is 11.9. The average Bonchev–Trinajstić information content (AvgIpc) is 2.47. The Hall–Kier alpha value is -2.33. The highest BCUT2D eigenvalue weighted by Crippen LogP contribution is 2.22. The third-order valence-electron chi connectivity index (χ3n) is 2.99. The first-order chi connectivity index (χ1) is 9.97. The largest absolute Gasteiger partial charge is 0.507 e. The number of hydrazone groups is 1. The fraction of sp³-hybridized carbons (Fsp3) is 0.125. The normalized spacial score (nSPS) is 11.3. The predicted molar refractivity (Wildman–Crippen MR) is 84.0 cm³/mol. The van der Waals surface area contributed by atoms with Gasteiger partial charge in [-0.3, -0.25) is 4.79 Å². The van der Waals surface area contributed by atoms with Crippen LogP contribution in [0.25, 0.3) is 0 Å². The van der Waals surface area contributed by atoms with E-state index in [0.29, 0.717) is 21.9 Å². The zero-order valence-electron chi connectivity index (χ0n) is 11.7. The van der Waals surface area contributed by atoms with Crippen molar-refractivity contribution in [3.05, 3.63) is 64.2 Å². The van der Waals surface area contributed by atoms with Crippen LogP contribution in [0.3, 0.4) is 0 Å². The minimum Gasteiger partial charge on any atom is -0.507 e. The van der Waals surface area contributed by atoms with Gasteiger partial charge in [0.2, 0.25) is 0 Å². The molecule has 0 aromatic heterocycles. The number of nitrogens with zero attached hydrogens (tertiary/aromatic N) is 1. The van der Waals surface area contributed by atoms with Crippen LogP contribution < -0.4 is 5.43 Å². The summed E-state index contributed by atoms with van der Waals surface area (Å²) in [6.07, 6.45) is 0. The number of phenols is 1. The van der Waals surface area contributed by atoms with E-state index < -0.39 is 0 Å². The van der Waals surface area contributed by atoms with Gasteiger partial charge in [0.25, 0.3) is 5.91 Å². The first-order valence-corrected chi connectivity index (χ1v) is 6.75. The van der Waals surface area contributed by atoms with Gasteiger partial charge in [0.1, 0.15) is 5.75 Å². The second kappa shape index (κ2) is 6.41. The lowest BCUT2D eigenvalue weighted by Gasteiger charge is -2.06. The summed E-state index contributed by atoms with van der Waals surface area (Å²) >= 11 is 5.88. The summed E-state index contributed by atoms with van der Waals surface area (Å²) in [6, 6.07) is 11.8. The highest BCUT2D eigenvalue weighted by molar-refractivity contribution is 6.31. The minimum atomic E-state index is -0.309. The molecule has 5 heteroatoms. The Morgan fingerprint density at radius 3 is 2.52 bits per heavy atom. The topological polar surface area (TPSA) is 61.7 Å². The Labute approximate surface area is 128 Å². The first-order valence-electron chi connectivity index (χ1n) is 6.37. The molecule has 4 nitrogen and oxygen atoms in total. The molecular formula is C16H15ClN2O2. The molecule has 0 fully saturated rings. The van der Waals surface area contributed by atoms with Crippen molar-refractivity contribution in [2.75, 3.05) is 0 Å². The van der Waals surface area contributed by atoms with Crippen molar-refractivity contribution in [1.82, 2.24) is 5.43 Å². The molecule has 21 heavy (non-hydrogen) atoms. The van der Waals surface area contributed by atoms with Crippen LogP contribution in [0.1, 0.15) is 28.4 Å². The number of hydrogen-bond acceptors (Lipinski definition) is 3. The van der Waals surface area contributed by atoms with E-state index in [-0.39, 0.29) is 11.7 Å². The van der Waals surface area contributed by atoms with E-state index >= 15 is 0 Å². The van der Waals surface area contributed by atoms with Gasteiger partial charge >= 0.3 is 0 Å². The van der Waals surface area contributed by atoms with Crippen LogP contribution in [0, 0.1) is 6.92 Å². The van der Waals surface area contributed by atoms with Crippen molar-refractivity contribution >= 4 is 23.2 Å². The van der Waals surface area contributed by atoms with Gasteiger partial charge < -0.3 is 5.11 Å². The summed E-state index contributed by atoms with van der Waals surface area (Å²) in [5.74, 6) is -0.249. The number of aromatic hydroxyl groups is 1. The van der Waals surface area contributed by atoms with Crippen LogP contribution in [0.15, 0.2) is 47.6 Å². The standard InChI is InChI=1S/C16H15ClN2O2/c1-10-3-5-12(6-4-10)16(21)19-18-11(2)14-9-13(17)7-8-15(14)20/h3-9,20H,1-2H3,(H,19,21). The lowest BCUT2D eigenvalue weighted by Crippen LogP contribution is -2.19. The van der Waals surface area contributed by atoms with Gasteiger partial charge in [0.15, 0.2) is 0 Å². The fourth-order valence-corrected chi connectivity index (χ4v) is 1.93. The Morgan fingerprint density at radius 2 is 1.86 bits per heavy atom. The van der Waals surface area contributed by atoms with Gasteiger partial charge in [-0.15, -0.1) is 0 Å². The van der Waals surface area contributed by atoms with Crippen LogP contribution in [0.5, 0.6) is 5.75 Å². The molecule has 2 aromatic rings. The van der Waals surface area contributed by atoms with Crippen molar-refractivity contribution in [2.24, 2.45) is 5.10 Å². The summed E-state index contributed by atoms with van der Waals surface area (Å²) < 4.78 is 0. The van der Waals surface area contributed by atoms with Crippen molar-refractivity contribution in [3.63, 3.8) is 0 Å². The quantitative estimate of drug-likeness (QED) is 0.673. The third-order valence-corrected chi connectivity index (χ3v) is 3.22. The van der Waals surface area contributed by atoms with E-state index in [9.17, 15) is 9.90 Å². The lowest BCUT2D eigenvalue weighted by atomic mass is 10.1. The summed E-state index contributed by atoms with van der Waals surface area (Å²) in [5, 5.41) is 14.2. The van der Waals surface area contributed by atoms with E-state index in [2.05, 4.69) is 10.5 Å². The fourth-order valence-electron chi connectivity index (χ4n) is 1.76. The number of nitrogens with one attached hydrogen (secondary N) is 1. The summed E-state index contributed by atoms with van der Waals surface area (Å²) in [5.41, 5.74) is 5.00. The van der Waals surface area contributed by atoms with E-state index in [1.807, 2.05) is 19.1 Å². The Kier molecular flexibility index (Phi) is 4.60. The minimum absolute atomic E-state index is 0.0604. The highest BCUT2D eigenvalue weighted by Gasteiger charge is 2.07. The Balaban J connectivity index is 2.14. The van der Waals surface area contributed by atoms with Crippen molar-refractivity contribution in [2.45, 2.75) is 13.8 Å². The Bertz CT molecular complexity index is 694. The second-order valence-corrected chi connectivity index (χ2v) is 5.10. The van der Waals surface area contributed by atoms with Gasteiger partial charge in [0.05, 0.1) is 5.71 Å². The number of carbonyl (C=O) groups excluding carboxylic acids is 1. The van der Waals surface area contributed by atoms with E-state index in [4.69, 9.17) is 11.6 Å². The predicted octanol–water partition coefficient (Wildman–Crippen LogP) is 3.51. The molecule has 2 rings (SSSR count). The molecule has 1 amide bonds. The Morgan fingerprint density at radius 1 is 1.19 bits per heavy atom. The maximum Gasteiger partial charge on any atom is 0.271 e. The molecule has 0 aliphatic carbocycles. The molecule has 0 radical (unpaired) electrons. The maximum atomic E-state index is 11.9. The molecule has 108 valence electrons.